The monoisotopic (exact) mass is 328 g/mol. The van der Waals surface area contributed by atoms with Crippen molar-refractivity contribution in [2.45, 2.75) is 38.3 Å². The van der Waals surface area contributed by atoms with E-state index in [0.717, 1.165) is 31.3 Å². The smallest absolute Gasteiger partial charge is 0.150 e. The zero-order chi connectivity index (χ0) is 15.0. The predicted molar refractivity (Wildman–Crippen MR) is 89.8 cm³/mol. The Bertz CT molecular complexity index is 523. The highest BCUT2D eigenvalue weighted by atomic mass is 35.5. The second kappa shape index (κ2) is 6.19. The predicted octanol–water partition coefficient (Wildman–Crippen LogP) is 3.49. The Kier molecular flexibility index (Phi) is 4.48. The van der Waals surface area contributed by atoms with E-state index in [1.54, 1.807) is 6.07 Å². The van der Waals surface area contributed by atoms with Crippen molar-refractivity contribution in [1.29, 1.82) is 0 Å². The maximum atomic E-state index is 6.40. The number of fused-ring (bicyclic) bond motifs is 2. The molecule has 4 nitrogen and oxygen atoms in total. The summed E-state index contributed by atoms with van der Waals surface area (Å²) in [5.41, 5.74) is 0. The third kappa shape index (κ3) is 2.94. The van der Waals surface area contributed by atoms with E-state index in [1.165, 1.54) is 19.3 Å². The fraction of sp³-hybridized carbons (Fsp3) is 0.667. The lowest BCUT2D eigenvalue weighted by molar-refractivity contribution is 0.254. The van der Waals surface area contributed by atoms with E-state index in [-0.39, 0.29) is 0 Å². The molecule has 2 unspecified atom stereocenters. The van der Waals surface area contributed by atoms with Gasteiger partial charge < -0.3 is 10.2 Å². The Balaban J connectivity index is 1.87. The molecule has 2 aliphatic rings. The Morgan fingerprint density at radius 3 is 2.76 bits per heavy atom. The van der Waals surface area contributed by atoms with Gasteiger partial charge in [-0.1, -0.05) is 23.2 Å². The van der Waals surface area contributed by atoms with Crippen LogP contribution in [0.2, 0.25) is 10.0 Å². The summed E-state index contributed by atoms with van der Waals surface area (Å²) in [4.78, 5) is 9.51. The van der Waals surface area contributed by atoms with Crippen molar-refractivity contribution in [3.63, 3.8) is 0 Å². The number of hydrogen-bond donors (Lipinski definition) is 1. The van der Waals surface area contributed by atoms with Crippen LogP contribution in [-0.2, 0) is 0 Å². The Morgan fingerprint density at radius 1 is 1.24 bits per heavy atom. The van der Waals surface area contributed by atoms with Crippen molar-refractivity contribution < 1.29 is 0 Å². The third-order valence-corrected chi connectivity index (χ3v) is 5.27. The van der Waals surface area contributed by atoms with Crippen molar-refractivity contribution in [3.05, 3.63) is 16.1 Å². The van der Waals surface area contributed by atoms with Gasteiger partial charge in [-0.05, 0) is 39.3 Å². The molecule has 0 aromatic carbocycles. The van der Waals surface area contributed by atoms with Crippen LogP contribution in [-0.4, -0.2) is 48.6 Å². The highest BCUT2D eigenvalue weighted by molar-refractivity contribution is 6.37. The van der Waals surface area contributed by atoms with E-state index in [2.05, 4.69) is 27.1 Å². The molecule has 116 valence electrons. The SMILES string of the molecule is CCNc1nc(N2CCC3CCC(C2)N3C)c(Cl)cc1Cl. The number of hydrogen-bond acceptors (Lipinski definition) is 4. The molecule has 0 aliphatic carbocycles. The van der Waals surface area contributed by atoms with Crippen LogP contribution in [0.3, 0.4) is 0 Å². The van der Waals surface area contributed by atoms with Crippen LogP contribution in [0.4, 0.5) is 11.6 Å². The van der Waals surface area contributed by atoms with Crippen molar-refractivity contribution in [3.8, 4) is 0 Å². The molecule has 2 aliphatic heterocycles. The lowest BCUT2D eigenvalue weighted by atomic mass is 10.1. The summed E-state index contributed by atoms with van der Waals surface area (Å²) in [5.74, 6) is 1.58. The van der Waals surface area contributed by atoms with E-state index in [1.807, 2.05) is 6.92 Å². The molecule has 0 saturated carbocycles. The molecule has 2 atom stereocenters. The fourth-order valence-electron chi connectivity index (χ4n) is 3.47. The first kappa shape index (κ1) is 15.2. The lowest BCUT2D eigenvalue weighted by Crippen LogP contribution is -2.37. The number of halogens is 2. The van der Waals surface area contributed by atoms with Crippen LogP contribution in [0.25, 0.3) is 0 Å². The average molecular weight is 329 g/mol. The first-order valence-corrected chi connectivity index (χ1v) is 8.42. The summed E-state index contributed by atoms with van der Waals surface area (Å²) < 4.78 is 0. The molecule has 0 spiro atoms. The molecule has 21 heavy (non-hydrogen) atoms. The first-order valence-electron chi connectivity index (χ1n) is 7.67. The standard InChI is InChI=1S/C15H22Cl2N4/c1-3-18-14-12(16)8-13(17)15(19-14)21-7-6-10-4-5-11(9-21)20(10)2/h8,10-11H,3-7,9H2,1-2H3,(H,18,19). The topological polar surface area (TPSA) is 31.4 Å². The van der Waals surface area contributed by atoms with Gasteiger partial charge in [0.05, 0.1) is 10.0 Å². The molecule has 3 rings (SSSR count). The van der Waals surface area contributed by atoms with Gasteiger partial charge in [0.15, 0.2) is 0 Å². The summed E-state index contributed by atoms with van der Waals surface area (Å²) in [6.45, 7) is 4.83. The van der Waals surface area contributed by atoms with Crippen LogP contribution in [0.15, 0.2) is 6.07 Å². The van der Waals surface area contributed by atoms with E-state index in [9.17, 15) is 0 Å². The fourth-order valence-corrected chi connectivity index (χ4v) is 4.02. The van der Waals surface area contributed by atoms with Gasteiger partial charge in [-0.2, -0.15) is 0 Å². The first-order chi connectivity index (χ1) is 10.1. The van der Waals surface area contributed by atoms with Crippen LogP contribution >= 0.6 is 23.2 Å². The number of nitrogens with zero attached hydrogens (tertiary/aromatic N) is 3. The quantitative estimate of drug-likeness (QED) is 0.920. The minimum atomic E-state index is 0.582. The molecule has 1 N–H and O–H groups in total. The van der Waals surface area contributed by atoms with Crippen LogP contribution in [0.5, 0.6) is 0 Å². The van der Waals surface area contributed by atoms with Gasteiger partial charge in [0.1, 0.15) is 11.6 Å². The number of aromatic nitrogens is 1. The molecule has 2 saturated heterocycles. The minimum Gasteiger partial charge on any atom is -0.369 e. The largest absolute Gasteiger partial charge is 0.369 e. The molecule has 1 aromatic heterocycles. The van der Waals surface area contributed by atoms with E-state index < -0.39 is 0 Å². The van der Waals surface area contributed by atoms with Gasteiger partial charge in [0, 0.05) is 31.7 Å². The second-order valence-corrected chi connectivity index (χ2v) is 6.75. The number of rotatable bonds is 3. The van der Waals surface area contributed by atoms with E-state index >= 15 is 0 Å². The van der Waals surface area contributed by atoms with Gasteiger partial charge in [0.25, 0.3) is 0 Å². The van der Waals surface area contributed by atoms with E-state index in [0.29, 0.717) is 22.1 Å². The van der Waals surface area contributed by atoms with Gasteiger partial charge in [-0.15, -0.1) is 0 Å². The second-order valence-electron chi connectivity index (χ2n) is 5.94. The molecule has 1 aromatic rings. The minimum absolute atomic E-state index is 0.582. The summed E-state index contributed by atoms with van der Waals surface area (Å²) in [7, 11) is 2.24. The van der Waals surface area contributed by atoms with Crippen molar-refractivity contribution in [2.24, 2.45) is 0 Å². The van der Waals surface area contributed by atoms with Crippen LogP contribution in [0.1, 0.15) is 26.2 Å². The van der Waals surface area contributed by atoms with Crippen LogP contribution in [0, 0.1) is 0 Å². The zero-order valence-corrected chi connectivity index (χ0v) is 14.1. The molecule has 2 bridgehead atoms. The van der Waals surface area contributed by atoms with Crippen molar-refractivity contribution in [2.75, 3.05) is 36.9 Å². The normalized spacial score (nSPS) is 26.0. The molecule has 3 heterocycles. The van der Waals surface area contributed by atoms with Gasteiger partial charge in [-0.3, -0.25) is 4.90 Å². The Hall–Kier alpha value is -0.710. The molecular formula is C15H22Cl2N4. The summed E-state index contributed by atoms with van der Waals surface area (Å²) in [6.07, 6.45) is 3.76. The number of likely N-dealkylation sites (N-methyl/N-ethyl adjacent to an activating group) is 1. The van der Waals surface area contributed by atoms with E-state index in [4.69, 9.17) is 23.2 Å². The number of anilines is 2. The lowest BCUT2D eigenvalue weighted by Gasteiger charge is -2.27. The summed E-state index contributed by atoms with van der Waals surface area (Å²) >= 11 is 12.6. The van der Waals surface area contributed by atoms with Crippen molar-refractivity contribution >= 4 is 34.8 Å². The zero-order valence-electron chi connectivity index (χ0n) is 12.6. The highest BCUT2D eigenvalue weighted by Gasteiger charge is 2.35. The highest BCUT2D eigenvalue weighted by Crippen LogP contribution is 2.35. The summed E-state index contributed by atoms with van der Waals surface area (Å²) in [6, 6.07) is 3.11. The maximum absolute atomic E-state index is 6.40. The molecule has 0 amide bonds. The summed E-state index contributed by atoms with van der Waals surface area (Å²) in [5, 5.41) is 4.43. The van der Waals surface area contributed by atoms with Crippen molar-refractivity contribution in [1.82, 2.24) is 9.88 Å². The molecule has 0 radical (unpaired) electrons. The maximum Gasteiger partial charge on any atom is 0.150 e. The Morgan fingerprint density at radius 2 is 2.00 bits per heavy atom. The van der Waals surface area contributed by atoms with Gasteiger partial charge >= 0.3 is 0 Å². The molecular weight excluding hydrogens is 307 g/mol. The number of pyridine rings is 1. The van der Waals surface area contributed by atoms with Crippen LogP contribution < -0.4 is 10.2 Å². The number of nitrogens with one attached hydrogen (secondary N) is 1. The average Bonchev–Trinajstić information content (AvgIpc) is 2.68. The Labute approximate surface area is 136 Å². The van der Waals surface area contributed by atoms with Gasteiger partial charge in [0.2, 0.25) is 0 Å². The molecule has 6 heteroatoms. The van der Waals surface area contributed by atoms with Gasteiger partial charge in [-0.25, -0.2) is 4.98 Å². The third-order valence-electron chi connectivity index (χ3n) is 4.70. The molecule has 2 fully saturated rings.